The van der Waals surface area contributed by atoms with E-state index < -0.39 is 11.9 Å². The summed E-state index contributed by atoms with van der Waals surface area (Å²) in [6.07, 6.45) is 16.4. The molecule has 0 aliphatic carbocycles. The van der Waals surface area contributed by atoms with Crippen LogP contribution in [0.25, 0.3) is 0 Å². The van der Waals surface area contributed by atoms with E-state index in [1.165, 1.54) is 51.4 Å². The van der Waals surface area contributed by atoms with Crippen LogP contribution in [0.5, 0.6) is 0 Å². The minimum atomic E-state index is -0.413. The fourth-order valence-corrected chi connectivity index (χ4v) is 3.83. The Labute approximate surface area is 196 Å². The highest BCUT2D eigenvalue weighted by atomic mass is 16.5. The Balaban J connectivity index is 2.67. The second kappa shape index (κ2) is 18.7. The Hall–Kier alpha value is -1.84. The fourth-order valence-electron chi connectivity index (χ4n) is 3.83. The van der Waals surface area contributed by atoms with Gasteiger partial charge >= 0.3 is 11.9 Å². The number of hydrogen-bond donors (Lipinski definition) is 0. The molecule has 0 radical (unpaired) electrons. The van der Waals surface area contributed by atoms with Gasteiger partial charge in [0.05, 0.1) is 24.3 Å². The molecular weight excluding hydrogens is 400 g/mol. The van der Waals surface area contributed by atoms with Crippen LogP contribution in [0.15, 0.2) is 18.2 Å². The van der Waals surface area contributed by atoms with E-state index in [-0.39, 0.29) is 0 Å². The number of ether oxygens (including phenoxy) is 2. The Bertz CT molecular complexity index is 638. The minimum Gasteiger partial charge on any atom is -0.462 e. The molecule has 0 atom stereocenters. The van der Waals surface area contributed by atoms with Crippen molar-refractivity contribution in [3.8, 4) is 0 Å². The predicted molar refractivity (Wildman–Crippen MR) is 132 cm³/mol. The molecular formula is C28H46O4. The SMILES string of the molecule is CCCCCCCCOC(=O)c1cccc(CCCC)c1C(=O)OCCCCCCCC. The molecule has 0 saturated heterocycles. The highest BCUT2D eigenvalue weighted by molar-refractivity contribution is 6.04. The van der Waals surface area contributed by atoms with Crippen LogP contribution < -0.4 is 0 Å². The largest absolute Gasteiger partial charge is 0.462 e. The summed E-state index contributed by atoms with van der Waals surface area (Å²) in [5, 5.41) is 0. The second-order valence-electron chi connectivity index (χ2n) is 8.75. The zero-order chi connectivity index (χ0) is 23.4. The van der Waals surface area contributed by atoms with Crippen molar-refractivity contribution < 1.29 is 19.1 Å². The van der Waals surface area contributed by atoms with Gasteiger partial charge in [0.1, 0.15) is 0 Å². The molecule has 1 rings (SSSR count). The first-order valence-corrected chi connectivity index (χ1v) is 13.1. The zero-order valence-electron chi connectivity index (χ0n) is 20.9. The maximum atomic E-state index is 12.9. The molecule has 0 amide bonds. The average Bonchev–Trinajstić information content (AvgIpc) is 2.81. The van der Waals surface area contributed by atoms with Gasteiger partial charge < -0.3 is 9.47 Å². The number of rotatable bonds is 19. The first-order chi connectivity index (χ1) is 15.7. The quantitative estimate of drug-likeness (QED) is 0.159. The van der Waals surface area contributed by atoms with Crippen molar-refractivity contribution in [3.63, 3.8) is 0 Å². The smallest absolute Gasteiger partial charge is 0.339 e. The maximum absolute atomic E-state index is 12.9. The van der Waals surface area contributed by atoms with E-state index in [4.69, 9.17) is 9.47 Å². The highest BCUT2D eigenvalue weighted by Crippen LogP contribution is 2.20. The van der Waals surface area contributed by atoms with Crippen LogP contribution in [-0.2, 0) is 15.9 Å². The van der Waals surface area contributed by atoms with Gasteiger partial charge in [-0.05, 0) is 37.3 Å². The van der Waals surface area contributed by atoms with Crippen molar-refractivity contribution in [2.24, 2.45) is 0 Å². The van der Waals surface area contributed by atoms with Crippen LogP contribution in [-0.4, -0.2) is 25.2 Å². The Morgan fingerprint density at radius 2 is 1.12 bits per heavy atom. The molecule has 0 N–H and O–H groups in total. The zero-order valence-corrected chi connectivity index (χ0v) is 20.9. The molecule has 1 aromatic carbocycles. The third kappa shape index (κ3) is 11.7. The van der Waals surface area contributed by atoms with Crippen LogP contribution >= 0.6 is 0 Å². The van der Waals surface area contributed by atoms with Crippen LogP contribution in [0.4, 0.5) is 0 Å². The third-order valence-electron chi connectivity index (χ3n) is 5.84. The minimum absolute atomic E-state index is 0.345. The molecule has 4 heteroatoms. The van der Waals surface area contributed by atoms with Gasteiger partial charge in [0, 0.05) is 0 Å². The fraction of sp³-hybridized carbons (Fsp3) is 0.714. The molecule has 0 unspecified atom stereocenters. The summed E-state index contributed by atoms with van der Waals surface area (Å²) in [6.45, 7) is 7.32. The Morgan fingerprint density at radius 1 is 0.625 bits per heavy atom. The topological polar surface area (TPSA) is 52.6 Å². The molecule has 0 heterocycles. The van der Waals surface area contributed by atoms with Gasteiger partial charge in [-0.1, -0.05) is 104 Å². The first kappa shape index (κ1) is 28.2. The lowest BCUT2D eigenvalue weighted by atomic mass is 9.97. The molecule has 0 aliphatic heterocycles. The van der Waals surface area contributed by atoms with E-state index in [2.05, 4.69) is 20.8 Å². The normalized spacial score (nSPS) is 10.8. The molecule has 1 aromatic rings. The number of hydrogen-bond acceptors (Lipinski definition) is 4. The van der Waals surface area contributed by atoms with Gasteiger partial charge in [0.25, 0.3) is 0 Å². The van der Waals surface area contributed by atoms with E-state index in [1.54, 1.807) is 6.07 Å². The number of esters is 2. The van der Waals surface area contributed by atoms with Crippen molar-refractivity contribution >= 4 is 11.9 Å². The molecule has 0 bridgehead atoms. The lowest BCUT2D eigenvalue weighted by Gasteiger charge is -2.14. The van der Waals surface area contributed by atoms with Gasteiger partial charge in [-0.15, -0.1) is 0 Å². The molecule has 32 heavy (non-hydrogen) atoms. The van der Waals surface area contributed by atoms with Crippen LogP contribution in [0.2, 0.25) is 0 Å². The van der Waals surface area contributed by atoms with E-state index in [0.29, 0.717) is 24.3 Å². The number of benzene rings is 1. The van der Waals surface area contributed by atoms with Gasteiger partial charge in [-0.3, -0.25) is 0 Å². The number of aryl methyl sites for hydroxylation is 1. The van der Waals surface area contributed by atoms with E-state index in [9.17, 15) is 9.59 Å². The maximum Gasteiger partial charge on any atom is 0.339 e. The molecule has 0 aliphatic rings. The summed E-state index contributed by atoms with van der Waals surface area (Å²) in [6, 6.07) is 5.47. The molecule has 4 nitrogen and oxygen atoms in total. The predicted octanol–water partition coefficient (Wildman–Crippen LogP) is 8.06. The molecule has 0 spiro atoms. The summed E-state index contributed by atoms with van der Waals surface area (Å²) in [5.74, 6) is -0.805. The van der Waals surface area contributed by atoms with Crippen LogP contribution in [0.1, 0.15) is 137 Å². The third-order valence-corrected chi connectivity index (χ3v) is 5.84. The molecule has 0 fully saturated rings. The lowest BCUT2D eigenvalue weighted by molar-refractivity contribution is 0.0449. The van der Waals surface area contributed by atoms with Crippen LogP contribution in [0.3, 0.4) is 0 Å². The van der Waals surface area contributed by atoms with E-state index >= 15 is 0 Å². The average molecular weight is 447 g/mol. The van der Waals surface area contributed by atoms with Gasteiger partial charge in [-0.2, -0.15) is 0 Å². The monoisotopic (exact) mass is 446 g/mol. The summed E-state index contributed by atoms with van der Waals surface area (Å²) in [4.78, 5) is 25.7. The van der Waals surface area contributed by atoms with Crippen molar-refractivity contribution in [2.75, 3.05) is 13.2 Å². The van der Waals surface area contributed by atoms with Crippen molar-refractivity contribution in [2.45, 2.75) is 117 Å². The summed E-state index contributed by atoms with van der Waals surface area (Å²) in [5.41, 5.74) is 1.63. The number of carbonyl (C=O) groups is 2. The van der Waals surface area contributed by atoms with Gasteiger partial charge in [-0.25, -0.2) is 9.59 Å². The summed E-state index contributed by atoms with van der Waals surface area (Å²) in [7, 11) is 0. The van der Waals surface area contributed by atoms with Gasteiger partial charge in [0.2, 0.25) is 0 Å². The highest BCUT2D eigenvalue weighted by Gasteiger charge is 2.23. The van der Waals surface area contributed by atoms with Crippen molar-refractivity contribution in [3.05, 3.63) is 34.9 Å². The van der Waals surface area contributed by atoms with E-state index in [0.717, 1.165) is 50.5 Å². The van der Waals surface area contributed by atoms with Gasteiger partial charge in [0.15, 0.2) is 0 Å². The number of carbonyl (C=O) groups excluding carboxylic acids is 2. The standard InChI is InChI=1S/C28H46O4/c1-4-7-10-12-14-16-22-31-27(29)25-21-18-20-24(19-9-6-3)26(25)28(30)32-23-17-15-13-11-8-5-2/h18,20-21H,4-17,19,22-23H2,1-3H3. The van der Waals surface area contributed by atoms with Crippen LogP contribution in [0, 0.1) is 0 Å². The molecule has 0 saturated carbocycles. The van der Waals surface area contributed by atoms with Crippen molar-refractivity contribution in [1.29, 1.82) is 0 Å². The van der Waals surface area contributed by atoms with Crippen molar-refractivity contribution in [1.82, 2.24) is 0 Å². The van der Waals surface area contributed by atoms with E-state index in [1.807, 2.05) is 12.1 Å². The first-order valence-electron chi connectivity index (χ1n) is 13.1. The Morgan fingerprint density at radius 3 is 1.69 bits per heavy atom. The summed E-state index contributed by atoms with van der Waals surface area (Å²) < 4.78 is 11.1. The molecule has 0 aromatic heterocycles. The Kier molecular flexibility index (Phi) is 16.5. The molecule has 182 valence electrons. The summed E-state index contributed by atoms with van der Waals surface area (Å²) >= 11 is 0. The lowest BCUT2D eigenvalue weighted by Crippen LogP contribution is -2.17. The second-order valence-corrected chi connectivity index (χ2v) is 8.75. The number of unbranched alkanes of at least 4 members (excludes halogenated alkanes) is 11.